The van der Waals surface area contributed by atoms with Crippen LogP contribution in [0.2, 0.25) is 0 Å². The Bertz CT molecular complexity index is 804. The Morgan fingerprint density at radius 3 is 2.75 bits per heavy atom. The van der Waals surface area contributed by atoms with Gasteiger partial charge in [0.15, 0.2) is 0 Å². The zero-order valence-corrected chi connectivity index (χ0v) is 13.5. The quantitative estimate of drug-likeness (QED) is 0.792. The molecular formula is C16H19N5O3. The molecule has 2 aromatic heterocycles. The summed E-state index contributed by atoms with van der Waals surface area (Å²) in [5, 5.41) is 3.92. The van der Waals surface area contributed by atoms with Gasteiger partial charge in [-0.15, -0.1) is 0 Å². The number of carbonyl (C=O) groups is 1. The van der Waals surface area contributed by atoms with Crippen LogP contribution in [0.1, 0.15) is 24.6 Å². The maximum absolute atomic E-state index is 12.2. The molecule has 0 unspecified atom stereocenters. The Morgan fingerprint density at radius 1 is 1.33 bits per heavy atom. The van der Waals surface area contributed by atoms with E-state index in [-0.39, 0.29) is 24.1 Å². The summed E-state index contributed by atoms with van der Waals surface area (Å²) in [6.07, 6.45) is 5.00. The first-order valence-electron chi connectivity index (χ1n) is 8.10. The molecule has 1 aliphatic carbocycles. The lowest BCUT2D eigenvalue weighted by Gasteiger charge is -2.39. The number of pyridine rings is 1. The fourth-order valence-electron chi connectivity index (χ4n) is 3.01. The number of ether oxygens (including phenoxy) is 1. The predicted octanol–water partition coefficient (Wildman–Crippen LogP) is 0.373. The minimum absolute atomic E-state index is 0.00839. The smallest absolute Gasteiger partial charge is 0.254 e. The average molecular weight is 329 g/mol. The van der Waals surface area contributed by atoms with Gasteiger partial charge in [0.2, 0.25) is 5.91 Å². The Hall–Kier alpha value is -2.64. The van der Waals surface area contributed by atoms with Crippen LogP contribution in [-0.4, -0.2) is 49.3 Å². The monoisotopic (exact) mass is 329 g/mol. The second kappa shape index (κ2) is 5.77. The van der Waals surface area contributed by atoms with E-state index < -0.39 is 0 Å². The molecule has 8 nitrogen and oxygen atoms in total. The van der Waals surface area contributed by atoms with E-state index >= 15 is 0 Å². The van der Waals surface area contributed by atoms with Crippen molar-refractivity contribution < 1.29 is 9.53 Å². The van der Waals surface area contributed by atoms with Gasteiger partial charge < -0.3 is 14.2 Å². The predicted molar refractivity (Wildman–Crippen MR) is 84.7 cm³/mol. The van der Waals surface area contributed by atoms with Gasteiger partial charge in [-0.3, -0.25) is 9.59 Å². The van der Waals surface area contributed by atoms with Crippen LogP contribution < -0.4 is 10.3 Å². The van der Waals surface area contributed by atoms with Crippen molar-refractivity contribution in [1.29, 1.82) is 0 Å². The summed E-state index contributed by atoms with van der Waals surface area (Å²) in [4.78, 5) is 29.8. The summed E-state index contributed by atoms with van der Waals surface area (Å²) in [5.74, 6) is 0.573. The lowest BCUT2D eigenvalue weighted by atomic mass is 10.1. The van der Waals surface area contributed by atoms with Gasteiger partial charge in [-0.1, -0.05) is 0 Å². The van der Waals surface area contributed by atoms with Gasteiger partial charge in [0, 0.05) is 17.8 Å². The minimum Gasteiger partial charge on any atom is -0.486 e. The molecule has 3 heterocycles. The Kier molecular flexibility index (Phi) is 3.59. The van der Waals surface area contributed by atoms with Crippen LogP contribution in [0, 0.1) is 6.92 Å². The standard InChI is InChI=1S/C16H19N5O3/c1-11-4-13(5-15(22)21(11)12-2-3-12)24-14-6-19(7-14)16(23)8-20-10-17-9-18-20/h4-5,9-10,12,14H,2-3,6-8H2,1H3. The summed E-state index contributed by atoms with van der Waals surface area (Å²) in [6.45, 7) is 3.17. The summed E-state index contributed by atoms with van der Waals surface area (Å²) < 4.78 is 9.17. The molecule has 1 amide bonds. The molecule has 8 heteroatoms. The van der Waals surface area contributed by atoms with E-state index in [2.05, 4.69) is 10.1 Å². The van der Waals surface area contributed by atoms with E-state index in [9.17, 15) is 9.59 Å². The molecule has 1 saturated heterocycles. The average Bonchev–Trinajstić information content (AvgIpc) is 3.18. The fraction of sp³-hybridized carbons (Fsp3) is 0.500. The third kappa shape index (κ3) is 2.91. The molecule has 0 N–H and O–H groups in total. The molecule has 24 heavy (non-hydrogen) atoms. The van der Waals surface area contributed by atoms with Crippen LogP contribution in [0.25, 0.3) is 0 Å². The molecule has 0 radical (unpaired) electrons. The normalized spacial score (nSPS) is 17.6. The Morgan fingerprint density at radius 2 is 2.12 bits per heavy atom. The highest BCUT2D eigenvalue weighted by atomic mass is 16.5. The molecule has 1 saturated carbocycles. The van der Waals surface area contributed by atoms with E-state index in [0.29, 0.717) is 24.9 Å². The van der Waals surface area contributed by atoms with Crippen molar-refractivity contribution in [3.05, 3.63) is 40.8 Å². The number of aryl methyl sites for hydroxylation is 1. The lowest BCUT2D eigenvalue weighted by Crippen LogP contribution is -2.57. The van der Waals surface area contributed by atoms with Crippen LogP contribution in [0.4, 0.5) is 0 Å². The summed E-state index contributed by atoms with van der Waals surface area (Å²) in [7, 11) is 0. The third-order valence-corrected chi connectivity index (χ3v) is 4.41. The van der Waals surface area contributed by atoms with Crippen molar-refractivity contribution in [2.24, 2.45) is 0 Å². The van der Waals surface area contributed by atoms with Crippen LogP contribution in [-0.2, 0) is 11.3 Å². The lowest BCUT2D eigenvalue weighted by molar-refractivity contribution is -0.140. The number of amides is 1. The molecule has 0 atom stereocenters. The number of carbonyl (C=O) groups excluding carboxylic acids is 1. The third-order valence-electron chi connectivity index (χ3n) is 4.41. The topological polar surface area (TPSA) is 82.2 Å². The van der Waals surface area contributed by atoms with Crippen molar-refractivity contribution in [2.75, 3.05) is 13.1 Å². The van der Waals surface area contributed by atoms with Gasteiger partial charge in [-0.05, 0) is 25.8 Å². The molecule has 0 aromatic carbocycles. The van der Waals surface area contributed by atoms with E-state index in [4.69, 9.17) is 4.74 Å². The van der Waals surface area contributed by atoms with Gasteiger partial charge in [-0.25, -0.2) is 9.67 Å². The van der Waals surface area contributed by atoms with Crippen molar-refractivity contribution in [3.63, 3.8) is 0 Å². The number of aromatic nitrogens is 4. The molecule has 0 spiro atoms. The maximum atomic E-state index is 12.2. The molecular weight excluding hydrogens is 310 g/mol. The van der Waals surface area contributed by atoms with Gasteiger partial charge in [0.05, 0.1) is 13.1 Å². The Labute approximate surface area is 138 Å². The molecule has 2 aromatic rings. The first-order chi connectivity index (χ1) is 11.6. The summed E-state index contributed by atoms with van der Waals surface area (Å²) in [5.41, 5.74) is 0.921. The highest BCUT2D eigenvalue weighted by molar-refractivity contribution is 5.76. The zero-order chi connectivity index (χ0) is 16.7. The first kappa shape index (κ1) is 14.9. The minimum atomic E-state index is -0.0692. The van der Waals surface area contributed by atoms with E-state index in [1.54, 1.807) is 11.0 Å². The highest BCUT2D eigenvalue weighted by Crippen LogP contribution is 2.35. The van der Waals surface area contributed by atoms with Crippen molar-refractivity contribution in [1.82, 2.24) is 24.2 Å². The number of hydrogen-bond acceptors (Lipinski definition) is 5. The second-order valence-corrected chi connectivity index (χ2v) is 6.40. The summed E-state index contributed by atoms with van der Waals surface area (Å²) in [6, 6.07) is 3.81. The van der Waals surface area contributed by atoms with Crippen molar-refractivity contribution >= 4 is 5.91 Å². The number of hydrogen-bond donors (Lipinski definition) is 0. The summed E-state index contributed by atoms with van der Waals surface area (Å²) >= 11 is 0. The highest BCUT2D eigenvalue weighted by Gasteiger charge is 2.33. The number of likely N-dealkylation sites (tertiary alicyclic amines) is 1. The largest absolute Gasteiger partial charge is 0.486 e. The van der Waals surface area contributed by atoms with Crippen LogP contribution in [0.5, 0.6) is 5.75 Å². The van der Waals surface area contributed by atoms with Crippen LogP contribution >= 0.6 is 0 Å². The first-order valence-corrected chi connectivity index (χ1v) is 8.10. The molecule has 126 valence electrons. The van der Waals surface area contributed by atoms with E-state index in [1.165, 1.54) is 17.3 Å². The van der Waals surface area contributed by atoms with Crippen LogP contribution in [0.3, 0.4) is 0 Å². The fourth-order valence-corrected chi connectivity index (χ4v) is 3.01. The second-order valence-electron chi connectivity index (χ2n) is 6.40. The Balaban J connectivity index is 1.33. The maximum Gasteiger partial charge on any atom is 0.254 e. The molecule has 1 aliphatic heterocycles. The van der Waals surface area contributed by atoms with Crippen molar-refractivity contribution in [2.45, 2.75) is 38.5 Å². The number of nitrogens with zero attached hydrogens (tertiary/aromatic N) is 5. The molecule has 2 aliphatic rings. The molecule has 2 fully saturated rings. The number of rotatable bonds is 5. The van der Waals surface area contributed by atoms with Gasteiger partial charge in [0.25, 0.3) is 5.56 Å². The van der Waals surface area contributed by atoms with Crippen LogP contribution in [0.15, 0.2) is 29.6 Å². The molecule has 4 rings (SSSR count). The van der Waals surface area contributed by atoms with Crippen molar-refractivity contribution in [3.8, 4) is 5.75 Å². The van der Waals surface area contributed by atoms with Gasteiger partial charge in [0.1, 0.15) is 31.1 Å². The van der Waals surface area contributed by atoms with Gasteiger partial charge >= 0.3 is 0 Å². The zero-order valence-electron chi connectivity index (χ0n) is 13.5. The van der Waals surface area contributed by atoms with E-state index in [1.807, 2.05) is 17.6 Å². The SMILES string of the molecule is Cc1cc(OC2CN(C(=O)Cn3cncn3)C2)cc(=O)n1C1CC1. The molecule has 0 bridgehead atoms. The van der Waals surface area contributed by atoms with E-state index in [0.717, 1.165) is 18.5 Å². The van der Waals surface area contributed by atoms with Gasteiger partial charge in [-0.2, -0.15) is 5.10 Å².